The lowest BCUT2D eigenvalue weighted by Crippen LogP contribution is -2.37. The zero-order chi connectivity index (χ0) is 39.5. The fraction of sp³-hybridized carbons (Fsp3) is 0.857. The summed E-state index contributed by atoms with van der Waals surface area (Å²) in [5.41, 5.74) is 0. The molecule has 0 aliphatic heterocycles. The van der Waals surface area contributed by atoms with Crippen molar-refractivity contribution in [3.05, 3.63) is 24.3 Å². The van der Waals surface area contributed by atoms with Gasteiger partial charge in [0.1, 0.15) is 19.8 Å². The van der Waals surface area contributed by atoms with Crippen LogP contribution in [0, 0.1) is 0 Å². The Morgan fingerprint density at radius 2 is 1.19 bits per heavy atom. The lowest BCUT2D eigenvalue weighted by atomic mass is 10.0. The van der Waals surface area contributed by atoms with Crippen molar-refractivity contribution in [3.8, 4) is 0 Å². The van der Waals surface area contributed by atoms with E-state index in [2.05, 4.69) is 19.9 Å². The first-order valence-electron chi connectivity index (χ1n) is 21.2. The van der Waals surface area contributed by atoms with E-state index >= 15 is 0 Å². The van der Waals surface area contributed by atoms with Crippen LogP contribution in [0.5, 0.6) is 0 Å². The van der Waals surface area contributed by atoms with Crippen LogP contribution in [0.2, 0.25) is 0 Å². The number of aliphatic hydroxyl groups excluding tert-OH is 1. The van der Waals surface area contributed by atoms with Gasteiger partial charge in [0.2, 0.25) is 0 Å². The molecule has 0 aromatic carbocycles. The first-order valence-corrected chi connectivity index (χ1v) is 22.6. The summed E-state index contributed by atoms with van der Waals surface area (Å²) in [4.78, 5) is 37.4. The molecule has 0 saturated heterocycles. The Kier molecular flexibility index (Phi) is 33.9. The molecule has 0 rings (SSSR count). The molecule has 0 spiro atoms. The molecule has 11 heteroatoms. The summed E-state index contributed by atoms with van der Waals surface area (Å²) in [6, 6.07) is 0. The third-order valence-corrected chi connectivity index (χ3v) is 10.0. The van der Waals surface area contributed by atoms with Crippen LogP contribution in [-0.2, 0) is 32.7 Å². The SMILES string of the molecule is CCCCCCCCCCCCCCCC(=O)OC[C@H](COP(=O)([O-])OCC[N+](C)(C)C)OC(=O)CCCCCCC/C=C\C=C\[C@@H](O)CCCCC. The lowest BCUT2D eigenvalue weighted by molar-refractivity contribution is -0.870. The molecule has 0 aliphatic rings. The number of quaternary nitrogens is 1. The molecule has 0 aliphatic carbocycles. The molecule has 1 unspecified atom stereocenters. The van der Waals surface area contributed by atoms with E-state index in [0.29, 0.717) is 17.4 Å². The third kappa shape index (κ3) is 38.5. The van der Waals surface area contributed by atoms with E-state index in [1.165, 1.54) is 64.2 Å². The number of likely N-dealkylation sites (N-methyl/N-ethyl adjacent to an activating group) is 1. The Morgan fingerprint density at radius 1 is 0.679 bits per heavy atom. The highest BCUT2D eigenvalue weighted by Gasteiger charge is 2.21. The van der Waals surface area contributed by atoms with Crippen LogP contribution in [0.25, 0.3) is 0 Å². The Labute approximate surface area is 324 Å². The summed E-state index contributed by atoms with van der Waals surface area (Å²) in [7, 11) is 1.12. The van der Waals surface area contributed by atoms with Crippen LogP contribution in [-0.4, -0.2) is 81.2 Å². The van der Waals surface area contributed by atoms with Crippen molar-refractivity contribution in [2.75, 3.05) is 47.5 Å². The summed E-state index contributed by atoms with van der Waals surface area (Å²) >= 11 is 0. The molecule has 0 bridgehead atoms. The second-order valence-corrected chi connectivity index (χ2v) is 17.0. The molecular formula is C42H80NO9P. The minimum absolute atomic E-state index is 0.0422. The smallest absolute Gasteiger partial charge is 0.306 e. The fourth-order valence-electron chi connectivity index (χ4n) is 5.67. The minimum Gasteiger partial charge on any atom is -0.756 e. The van der Waals surface area contributed by atoms with Gasteiger partial charge in [-0.25, -0.2) is 0 Å². The van der Waals surface area contributed by atoms with E-state index in [9.17, 15) is 24.2 Å². The Hall–Kier alpha value is -1.55. The molecule has 3 atom stereocenters. The number of aliphatic hydroxyl groups is 1. The molecule has 0 fully saturated rings. The van der Waals surface area contributed by atoms with Crippen LogP contribution in [0.3, 0.4) is 0 Å². The average Bonchev–Trinajstić information content (AvgIpc) is 3.09. The van der Waals surface area contributed by atoms with Gasteiger partial charge in [-0.15, -0.1) is 0 Å². The number of esters is 2. The number of unbranched alkanes of at least 4 members (excludes halogenated alkanes) is 19. The predicted molar refractivity (Wildman–Crippen MR) is 214 cm³/mol. The zero-order valence-corrected chi connectivity index (χ0v) is 35.5. The number of nitrogens with zero attached hydrogens (tertiary/aromatic N) is 1. The van der Waals surface area contributed by atoms with Crippen molar-refractivity contribution in [1.29, 1.82) is 0 Å². The third-order valence-electron chi connectivity index (χ3n) is 9.08. The predicted octanol–water partition coefficient (Wildman–Crippen LogP) is 9.91. The van der Waals surface area contributed by atoms with E-state index in [1.807, 2.05) is 39.4 Å². The standard InChI is InChI=1S/C42H80NO9P/c1-6-8-10-11-12-13-14-15-16-19-22-25-29-33-41(45)49-37-40(38-51-53(47,48)50-36-35-43(3,4)5)52-42(46)34-30-26-23-20-17-18-21-24-28-32-39(44)31-27-9-7-2/h21,24,28,32,39-40,44H,6-20,22-23,25-27,29-31,33-38H2,1-5H3/b24-21-,32-28+/t39-,40+/m0/s1. The molecule has 0 heterocycles. The molecular weight excluding hydrogens is 693 g/mol. The average molecular weight is 774 g/mol. The summed E-state index contributed by atoms with van der Waals surface area (Å²) in [6.07, 6.45) is 32.4. The maximum absolute atomic E-state index is 12.6. The monoisotopic (exact) mass is 774 g/mol. The maximum Gasteiger partial charge on any atom is 0.306 e. The van der Waals surface area contributed by atoms with Gasteiger partial charge >= 0.3 is 11.9 Å². The highest BCUT2D eigenvalue weighted by Crippen LogP contribution is 2.38. The highest BCUT2D eigenvalue weighted by atomic mass is 31.2. The largest absolute Gasteiger partial charge is 0.756 e. The molecule has 0 saturated carbocycles. The summed E-state index contributed by atoms with van der Waals surface area (Å²) in [5, 5.41) is 9.93. The van der Waals surface area contributed by atoms with Gasteiger partial charge in [0, 0.05) is 12.8 Å². The first kappa shape index (κ1) is 51.5. The van der Waals surface area contributed by atoms with Crippen molar-refractivity contribution >= 4 is 19.8 Å². The molecule has 0 amide bonds. The van der Waals surface area contributed by atoms with E-state index in [0.717, 1.165) is 77.0 Å². The number of carbonyl (C=O) groups excluding carboxylic acids is 2. The Bertz CT molecular complexity index is 982. The van der Waals surface area contributed by atoms with Gasteiger partial charge < -0.3 is 33.0 Å². The van der Waals surface area contributed by atoms with E-state index in [-0.39, 0.29) is 32.2 Å². The Morgan fingerprint density at radius 3 is 1.75 bits per heavy atom. The molecule has 10 nitrogen and oxygen atoms in total. The fourth-order valence-corrected chi connectivity index (χ4v) is 6.40. The van der Waals surface area contributed by atoms with E-state index in [1.54, 1.807) is 0 Å². The van der Waals surface area contributed by atoms with Gasteiger partial charge in [0.25, 0.3) is 7.82 Å². The number of phosphoric ester groups is 1. The van der Waals surface area contributed by atoms with Crippen LogP contribution in [0.4, 0.5) is 0 Å². The van der Waals surface area contributed by atoms with Crippen LogP contribution < -0.4 is 4.89 Å². The number of ether oxygens (including phenoxy) is 2. The van der Waals surface area contributed by atoms with Gasteiger partial charge in [0.05, 0.1) is 33.9 Å². The lowest BCUT2D eigenvalue weighted by Gasteiger charge is -2.28. The van der Waals surface area contributed by atoms with Gasteiger partial charge in [-0.2, -0.15) is 0 Å². The normalized spacial score (nSPS) is 14.5. The molecule has 0 aromatic rings. The van der Waals surface area contributed by atoms with Gasteiger partial charge in [0.15, 0.2) is 6.10 Å². The summed E-state index contributed by atoms with van der Waals surface area (Å²) < 4.78 is 33.8. The first-order chi connectivity index (χ1) is 25.4. The van der Waals surface area contributed by atoms with Crippen molar-refractivity contribution in [2.45, 2.75) is 187 Å². The van der Waals surface area contributed by atoms with Gasteiger partial charge in [-0.1, -0.05) is 154 Å². The maximum atomic E-state index is 12.6. The molecule has 1 N–H and O–H groups in total. The topological polar surface area (TPSA) is 131 Å². The number of hydrogen-bond acceptors (Lipinski definition) is 9. The van der Waals surface area contributed by atoms with Gasteiger partial charge in [-0.05, 0) is 32.1 Å². The number of carbonyl (C=O) groups is 2. The van der Waals surface area contributed by atoms with Crippen LogP contribution in [0.1, 0.15) is 174 Å². The zero-order valence-electron chi connectivity index (χ0n) is 34.6. The molecule has 0 radical (unpaired) electrons. The second-order valence-electron chi connectivity index (χ2n) is 15.6. The number of hydrogen-bond donors (Lipinski definition) is 1. The van der Waals surface area contributed by atoms with Gasteiger partial charge in [-0.3, -0.25) is 14.2 Å². The van der Waals surface area contributed by atoms with Crippen LogP contribution in [0.15, 0.2) is 24.3 Å². The molecule has 53 heavy (non-hydrogen) atoms. The van der Waals surface area contributed by atoms with Crippen molar-refractivity contribution in [1.82, 2.24) is 0 Å². The number of phosphoric acid groups is 1. The van der Waals surface area contributed by atoms with Crippen molar-refractivity contribution in [2.24, 2.45) is 0 Å². The Balaban J connectivity index is 4.45. The van der Waals surface area contributed by atoms with E-state index in [4.69, 9.17) is 18.5 Å². The van der Waals surface area contributed by atoms with Crippen LogP contribution >= 0.6 is 7.82 Å². The highest BCUT2D eigenvalue weighted by molar-refractivity contribution is 7.45. The number of rotatable bonds is 38. The van der Waals surface area contributed by atoms with Crippen molar-refractivity contribution < 1.29 is 47.2 Å². The van der Waals surface area contributed by atoms with Crippen molar-refractivity contribution in [3.63, 3.8) is 0 Å². The molecule has 0 aromatic heterocycles. The molecule has 312 valence electrons. The quantitative estimate of drug-likeness (QED) is 0.0214. The summed E-state index contributed by atoms with van der Waals surface area (Å²) in [6.45, 7) is 4.06. The summed E-state index contributed by atoms with van der Waals surface area (Å²) in [5.74, 6) is -0.881. The van der Waals surface area contributed by atoms with E-state index < -0.39 is 32.5 Å². The minimum atomic E-state index is -4.64. The number of allylic oxidation sites excluding steroid dienone is 3. The second kappa shape index (κ2) is 34.9.